The van der Waals surface area contributed by atoms with E-state index in [9.17, 15) is 43.2 Å². The fraction of sp³-hybridized carbons (Fsp3) is 0.935. The SMILES string of the molecule is CCC(C)CCCCCCCCCCC(=O)OC[C@H](COP(=O)(O)OC[C@@H](O)COP(=O)(O)OC[C@@H](COC(=O)CCCCCCCCC(C)CC)OC(=O)CCCCCCCCCC(C)C)OC(=O)CCCCCCCCC(C)C. The van der Waals surface area contributed by atoms with E-state index < -0.39 is 97.5 Å². The number of carbonyl (C=O) groups excluding carboxylic acids is 4. The van der Waals surface area contributed by atoms with E-state index in [4.69, 9.17) is 37.0 Å². The van der Waals surface area contributed by atoms with Crippen LogP contribution in [0.5, 0.6) is 0 Å². The smallest absolute Gasteiger partial charge is 0.462 e. The van der Waals surface area contributed by atoms with Crippen LogP contribution in [0, 0.1) is 23.7 Å². The Balaban J connectivity index is 5.25. The zero-order chi connectivity index (χ0) is 60.4. The first-order valence-electron chi connectivity index (χ1n) is 32.3. The van der Waals surface area contributed by atoms with Crippen LogP contribution >= 0.6 is 15.6 Å². The maximum Gasteiger partial charge on any atom is 0.472 e. The minimum absolute atomic E-state index is 0.101. The summed E-state index contributed by atoms with van der Waals surface area (Å²) in [5.41, 5.74) is 0. The number of ether oxygens (including phenoxy) is 4. The normalized spacial score (nSPS) is 15.2. The lowest BCUT2D eigenvalue weighted by molar-refractivity contribution is -0.161. The van der Waals surface area contributed by atoms with Gasteiger partial charge in [-0.25, -0.2) is 9.13 Å². The Morgan fingerprint density at radius 2 is 0.593 bits per heavy atom. The Kier molecular flexibility index (Phi) is 51.1. The topological polar surface area (TPSA) is 237 Å². The van der Waals surface area contributed by atoms with Gasteiger partial charge in [-0.2, -0.15) is 0 Å². The second kappa shape index (κ2) is 52.4. The summed E-state index contributed by atoms with van der Waals surface area (Å²) in [7, 11) is -9.88. The number of hydrogen-bond acceptors (Lipinski definition) is 15. The predicted octanol–water partition coefficient (Wildman–Crippen LogP) is 16.6. The molecular weight excluding hydrogens is 1080 g/mol. The van der Waals surface area contributed by atoms with Gasteiger partial charge in [0, 0.05) is 25.7 Å². The number of phosphoric ester groups is 2. The number of aliphatic hydroxyl groups is 1. The number of unbranched alkanes of at least 4 members (excludes halogenated alkanes) is 23. The van der Waals surface area contributed by atoms with Crippen molar-refractivity contribution in [3.8, 4) is 0 Å². The molecular formula is C62H120O17P2. The van der Waals surface area contributed by atoms with Gasteiger partial charge in [0.25, 0.3) is 0 Å². The molecule has 0 aliphatic carbocycles. The summed E-state index contributed by atoms with van der Waals surface area (Å²) in [6, 6.07) is 0. The molecule has 0 aromatic rings. The van der Waals surface area contributed by atoms with E-state index in [1.54, 1.807) is 0 Å². The molecule has 81 heavy (non-hydrogen) atoms. The van der Waals surface area contributed by atoms with Crippen LogP contribution in [0.15, 0.2) is 0 Å². The quantitative estimate of drug-likeness (QED) is 0.0222. The van der Waals surface area contributed by atoms with E-state index in [1.165, 1.54) is 89.9 Å². The molecule has 0 aliphatic heterocycles. The summed E-state index contributed by atoms with van der Waals surface area (Å²) in [5.74, 6) is 0.725. The van der Waals surface area contributed by atoms with Gasteiger partial charge in [0.1, 0.15) is 19.3 Å². The average Bonchev–Trinajstić information content (AvgIpc) is 3.42. The standard InChI is InChI=1S/C62H120O17P2/c1-9-54(7)40-32-24-15-11-12-16-26-34-42-59(64)72-48-58(79-62(67)45-37-29-20-18-23-31-39-53(5)6)51-77-81(70,71)75-47-56(63)46-74-80(68,69)76-50-57(78-61(66)44-36-28-17-13-14-22-30-38-52(3)4)49-73-60(65)43-35-27-21-19-25-33-41-55(8)10-2/h52-58,63H,9-51H2,1-8H3,(H,68,69)(H,70,71)/t54?,55?,56-,57+,58+/m0/s1. The van der Waals surface area contributed by atoms with E-state index in [2.05, 4.69) is 55.4 Å². The largest absolute Gasteiger partial charge is 0.472 e. The van der Waals surface area contributed by atoms with E-state index in [0.717, 1.165) is 108 Å². The summed E-state index contributed by atoms with van der Waals surface area (Å²) in [4.78, 5) is 72.1. The second-order valence-corrected chi connectivity index (χ2v) is 26.8. The van der Waals surface area contributed by atoms with Crippen LogP contribution in [0.2, 0.25) is 0 Å². The Morgan fingerprint density at radius 3 is 0.877 bits per heavy atom. The van der Waals surface area contributed by atoms with Crippen molar-refractivity contribution < 1.29 is 80.2 Å². The van der Waals surface area contributed by atoms with Crippen LogP contribution in [-0.4, -0.2) is 96.7 Å². The van der Waals surface area contributed by atoms with Crippen LogP contribution < -0.4 is 0 Å². The first-order chi connectivity index (χ1) is 38.7. The fourth-order valence-electron chi connectivity index (χ4n) is 9.01. The van der Waals surface area contributed by atoms with Crippen molar-refractivity contribution in [3.63, 3.8) is 0 Å². The van der Waals surface area contributed by atoms with Crippen molar-refractivity contribution in [1.82, 2.24) is 0 Å². The van der Waals surface area contributed by atoms with Gasteiger partial charge in [-0.15, -0.1) is 0 Å². The monoisotopic (exact) mass is 1200 g/mol. The van der Waals surface area contributed by atoms with Crippen LogP contribution in [0.3, 0.4) is 0 Å². The second-order valence-electron chi connectivity index (χ2n) is 23.9. The Morgan fingerprint density at radius 1 is 0.346 bits per heavy atom. The molecule has 0 saturated heterocycles. The molecule has 0 fully saturated rings. The summed E-state index contributed by atoms with van der Waals surface area (Å²) < 4.78 is 67.8. The van der Waals surface area contributed by atoms with Gasteiger partial charge in [0.05, 0.1) is 26.4 Å². The number of rotatable bonds is 59. The van der Waals surface area contributed by atoms with Gasteiger partial charge in [-0.05, 0) is 49.4 Å². The third-order valence-corrected chi connectivity index (χ3v) is 16.7. The van der Waals surface area contributed by atoms with Gasteiger partial charge >= 0.3 is 39.5 Å². The van der Waals surface area contributed by atoms with Gasteiger partial charge in [-0.1, -0.05) is 242 Å². The number of phosphoric acid groups is 2. The molecule has 17 nitrogen and oxygen atoms in total. The maximum absolute atomic E-state index is 12.9. The molecule has 480 valence electrons. The predicted molar refractivity (Wildman–Crippen MR) is 321 cm³/mol. The van der Waals surface area contributed by atoms with E-state index in [1.807, 2.05) is 0 Å². The Labute approximate surface area is 492 Å². The number of aliphatic hydroxyl groups excluding tert-OH is 1. The van der Waals surface area contributed by atoms with Crippen molar-refractivity contribution in [2.75, 3.05) is 39.6 Å². The summed E-state index contributed by atoms with van der Waals surface area (Å²) in [5, 5.41) is 10.5. The first-order valence-corrected chi connectivity index (χ1v) is 35.3. The molecule has 0 aromatic carbocycles. The number of carbonyl (C=O) groups is 4. The van der Waals surface area contributed by atoms with Gasteiger partial charge in [-0.3, -0.25) is 37.3 Å². The van der Waals surface area contributed by atoms with Crippen LogP contribution in [0.25, 0.3) is 0 Å². The summed E-state index contributed by atoms with van der Waals surface area (Å²) >= 11 is 0. The van der Waals surface area contributed by atoms with E-state index >= 15 is 0 Å². The molecule has 19 heteroatoms. The molecule has 0 rings (SSSR count). The number of hydrogen-bond donors (Lipinski definition) is 3. The van der Waals surface area contributed by atoms with Crippen LogP contribution in [0.4, 0.5) is 0 Å². The van der Waals surface area contributed by atoms with Crippen molar-refractivity contribution in [3.05, 3.63) is 0 Å². The highest BCUT2D eigenvalue weighted by Gasteiger charge is 2.30. The minimum atomic E-state index is -4.94. The summed E-state index contributed by atoms with van der Waals surface area (Å²) in [6.45, 7) is 13.9. The van der Waals surface area contributed by atoms with Gasteiger partial charge < -0.3 is 33.8 Å². The highest BCUT2D eigenvalue weighted by molar-refractivity contribution is 7.47. The van der Waals surface area contributed by atoms with Crippen LogP contribution in [0.1, 0.15) is 293 Å². The van der Waals surface area contributed by atoms with Crippen LogP contribution in [-0.2, 0) is 65.4 Å². The third-order valence-electron chi connectivity index (χ3n) is 14.8. The molecule has 0 aliphatic rings. The molecule has 7 atom stereocenters. The molecule has 0 amide bonds. The lowest BCUT2D eigenvalue weighted by Gasteiger charge is -2.21. The average molecular weight is 1200 g/mol. The first kappa shape index (κ1) is 79.1. The molecule has 3 N–H and O–H groups in total. The Bertz CT molecular complexity index is 1630. The van der Waals surface area contributed by atoms with Gasteiger partial charge in [0.2, 0.25) is 0 Å². The lowest BCUT2D eigenvalue weighted by atomic mass is 9.99. The van der Waals surface area contributed by atoms with Crippen molar-refractivity contribution in [2.24, 2.45) is 23.7 Å². The molecule has 0 aromatic heterocycles. The number of esters is 4. The lowest BCUT2D eigenvalue weighted by Crippen LogP contribution is -2.30. The molecule has 0 saturated carbocycles. The van der Waals surface area contributed by atoms with Crippen molar-refractivity contribution in [2.45, 2.75) is 311 Å². The van der Waals surface area contributed by atoms with Gasteiger partial charge in [0.15, 0.2) is 12.2 Å². The highest BCUT2D eigenvalue weighted by atomic mass is 31.2. The summed E-state index contributed by atoms with van der Waals surface area (Å²) in [6.07, 6.45) is 31.0. The van der Waals surface area contributed by atoms with E-state index in [0.29, 0.717) is 37.5 Å². The zero-order valence-corrected chi connectivity index (χ0v) is 54.2. The maximum atomic E-state index is 12.9. The minimum Gasteiger partial charge on any atom is -0.462 e. The third kappa shape index (κ3) is 54.5. The van der Waals surface area contributed by atoms with E-state index in [-0.39, 0.29) is 25.7 Å². The molecule has 0 bridgehead atoms. The van der Waals surface area contributed by atoms with Crippen molar-refractivity contribution in [1.29, 1.82) is 0 Å². The fourth-order valence-corrected chi connectivity index (χ4v) is 10.6. The molecule has 0 heterocycles. The molecule has 0 radical (unpaired) electrons. The molecule has 0 spiro atoms. The van der Waals surface area contributed by atoms with Crippen molar-refractivity contribution >= 4 is 39.5 Å². The molecule has 4 unspecified atom stereocenters. The highest BCUT2D eigenvalue weighted by Crippen LogP contribution is 2.45. The zero-order valence-electron chi connectivity index (χ0n) is 52.4. The Hall–Kier alpha value is -1.94.